The molecule has 0 aliphatic carbocycles. The second kappa shape index (κ2) is 12.2. The van der Waals surface area contributed by atoms with E-state index >= 15 is 0 Å². The summed E-state index contributed by atoms with van der Waals surface area (Å²) in [5.41, 5.74) is 5.86. The maximum absolute atomic E-state index is 12.0. The predicted molar refractivity (Wildman–Crippen MR) is 124 cm³/mol. The van der Waals surface area contributed by atoms with Crippen molar-refractivity contribution in [1.29, 1.82) is 0 Å². The molecule has 0 N–H and O–H groups in total. The molecule has 0 saturated heterocycles. The molecule has 2 aromatic rings. The molecule has 0 aliphatic rings. The highest BCUT2D eigenvalue weighted by molar-refractivity contribution is 14.1. The molecule has 0 saturated carbocycles. The van der Waals surface area contributed by atoms with E-state index in [2.05, 4.69) is 89.7 Å². The fraction of sp³-hybridized carbons (Fsp3) is 0.375. The Morgan fingerprint density at radius 1 is 0.839 bits per heavy atom. The summed E-state index contributed by atoms with van der Waals surface area (Å²) in [5.74, 6) is -2.15. The van der Waals surface area contributed by atoms with Gasteiger partial charge >= 0.3 is 12.1 Å². The number of carbonyl (C=O) groups excluding carboxylic acids is 1. The van der Waals surface area contributed by atoms with E-state index in [4.69, 9.17) is 4.74 Å². The van der Waals surface area contributed by atoms with Gasteiger partial charge in [-0.15, -0.1) is 0 Å². The van der Waals surface area contributed by atoms with Crippen LogP contribution in [0.15, 0.2) is 52.1 Å². The van der Waals surface area contributed by atoms with Gasteiger partial charge in [-0.3, -0.25) is 0 Å². The predicted octanol–water partition coefficient (Wildman–Crippen LogP) is 6.79. The van der Waals surface area contributed by atoms with Gasteiger partial charge < -0.3 is 9.47 Å². The van der Waals surface area contributed by atoms with Gasteiger partial charge in [-0.25, -0.2) is 4.79 Å². The summed E-state index contributed by atoms with van der Waals surface area (Å²) in [6.07, 6.45) is -3.37. The van der Waals surface area contributed by atoms with Gasteiger partial charge in [0.25, 0.3) is 0 Å². The van der Waals surface area contributed by atoms with Crippen molar-refractivity contribution in [2.45, 2.75) is 39.3 Å². The summed E-state index contributed by atoms with van der Waals surface area (Å²) in [4.78, 5) is 10.6. The lowest BCUT2D eigenvalue weighted by Crippen LogP contribution is -2.25. The molecule has 2 rings (SSSR count). The number of ether oxygens (including phenoxy) is 2. The van der Waals surface area contributed by atoms with Crippen molar-refractivity contribution >= 4 is 34.1 Å². The number of carbonyl (C=O) groups is 1. The lowest BCUT2D eigenvalue weighted by molar-refractivity contribution is -0.199. The molecule has 0 aliphatic heterocycles. The highest BCUT2D eigenvalue weighted by Gasteiger charge is 2.40. The minimum Gasteiger partial charge on any atom is -0.459 e. The van der Waals surface area contributed by atoms with Gasteiger partial charge in [-0.2, -0.15) is 13.2 Å². The van der Waals surface area contributed by atoms with E-state index in [0.29, 0.717) is 26.1 Å². The lowest BCUT2D eigenvalue weighted by Gasteiger charge is -2.14. The van der Waals surface area contributed by atoms with Crippen LogP contribution in [0.2, 0.25) is 0 Å². The van der Waals surface area contributed by atoms with Crippen LogP contribution in [0.25, 0.3) is 5.57 Å². The van der Waals surface area contributed by atoms with Crippen LogP contribution in [0.4, 0.5) is 13.2 Å². The molecule has 0 spiro atoms. The average molecular weight is 546 g/mol. The monoisotopic (exact) mass is 546 g/mol. The van der Waals surface area contributed by atoms with Crippen LogP contribution in [0.3, 0.4) is 0 Å². The van der Waals surface area contributed by atoms with Gasteiger partial charge in [-0.05, 0) is 66.0 Å². The summed E-state index contributed by atoms with van der Waals surface area (Å²) in [5, 5.41) is 0. The Hall–Kier alpha value is -1.87. The first-order chi connectivity index (χ1) is 14.7. The van der Waals surface area contributed by atoms with Gasteiger partial charge in [0.2, 0.25) is 0 Å². The van der Waals surface area contributed by atoms with Crippen LogP contribution < -0.4 is 0 Å². The van der Waals surface area contributed by atoms with E-state index in [1.165, 1.54) is 20.3 Å². The van der Waals surface area contributed by atoms with Crippen LogP contribution in [0.5, 0.6) is 0 Å². The van der Waals surface area contributed by atoms with Crippen molar-refractivity contribution < 1.29 is 27.4 Å². The van der Waals surface area contributed by atoms with E-state index in [1.807, 2.05) is 0 Å². The molecular formula is C24H26F3IO3. The Kier molecular flexibility index (Phi) is 10.0. The van der Waals surface area contributed by atoms with Gasteiger partial charge in [-0.1, -0.05) is 59.7 Å². The van der Waals surface area contributed by atoms with Crippen molar-refractivity contribution in [3.63, 3.8) is 0 Å². The van der Waals surface area contributed by atoms with Crippen molar-refractivity contribution in [2.75, 3.05) is 19.8 Å². The second-order valence-electron chi connectivity index (χ2n) is 7.22. The third-order valence-electron chi connectivity index (χ3n) is 4.57. The van der Waals surface area contributed by atoms with Crippen LogP contribution in [0.1, 0.15) is 41.5 Å². The first kappa shape index (κ1) is 25.4. The number of benzene rings is 2. The maximum atomic E-state index is 12.0. The fourth-order valence-electron chi connectivity index (χ4n) is 2.86. The zero-order valence-corrected chi connectivity index (χ0v) is 19.8. The standard InChI is InChI=1S/C24H26F3IO3/c1-17-5-9-19(10-6-17)22(20-11-7-18(2)8-12-20)21(28)13-16-30-14-3-4-15-31-23(29)24(25,26)27/h5-12H,3-4,13-16H2,1-2H3. The first-order valence-corrected chi connectivity index (χ1v) is 11.1. The quantitative estimate of drug-likeness (QED) is 0.187. The van der Waals surface area contributed by atoms with E-state index < -0.39 is 12.1 Å². The maximum Gasteiger partial charge on any atom is 0.490 e. The van der Waals surface area contributed by atoms with Gasteiger partial charge in [0, 0.05) is 16.6 Å². The summed E-state index contributed by atoms with van der Waals surface area (Å²) >= 11 is 2.35. The summed E-state index contributed by atoms with van der Waals surface area (Å²) in [7, 11) is 0. The Morgan fingerprint density at radius 2 is 1.32 bits per heavy atom. The Labute approximate surface area is 194 Å². The topological polar surface area (TPSA) is 35.5 Å². The number of rotatable bonds is 10. The van der Waals surface area contributed by atoms with Crippen LogP contribution in [0, 0.1) is 13.8 Å². The Morgan fingerprint density at radius 3 is 1.81 bits per heavy atom. The van der Waals surface area contributed by atoms with E-state index in [0.717, 1.165) is 17.5 Å². The molecule has 0 bridgehead atoms. The van der Waals surface area contributed by atoms with Gasteiger partial charge in [0.1, 0.15) is 0 Å². The molecule has 2 aromatic carbocycles. The van der Waals surface area contributed by atoms with E-state index in [-0.39, 0.29) is 6.61 Å². The smallest absolute Gasteiger partial charge is 0.459 e. The van der Waals surface area contributed by atoms with Gasteiger partial charge in [0.05, 0.1) is 13.2 Å². The molecule has 31 heavy (non-hydrogen) atoms. The van der Waals surface area contributed by atoms with E-state index in [9.17, 15) is 18.0 Å². The largest absolute Gasteiger partial charge is 0.490 e. The number of halogens is 4. The number of alkyl halides is 3. The normalized spacial score (nSPS) is 11.3. The lowest BCUT2D eigenvalue weighted by atomic mass is 9.95. The molecule has 0 atom stereocenters. The average Bonchev–Trinajstić information content (AvgIpc) is 2.72. The molecule has 7 heteroatoms. The van der Waals surface area contributed by atoms with Crippen molar-refractivity contribution in [3.05, 3.63) is 74.4 Å². The van der Waals surface area contributed by atoms with Crippen molar-refractivity contribution in [1.82, 2.24) is 0 Å². The van der Waals surface area contributed by atoms with Crippen LogP contribution in [-0.4, -0.2) is 32.0 Å². The molecule has 0 unspecified atom stereocenters. The Balaban J connectivity index is 1.88. The first-order valence-electron chi connectivity index (χ1n) is 10.0. The van der Waals surface area contributed by atoms with Crippen molar-refractivity contribution in [2.24, 2.45) is 0 Å². The molecule has 168 valence electrons. The minimum absolute atomic E-state index is 0.260. The SMILES string of the molecule is Cc1ccc(C(=C(I)CCOCCCCOC(=O)C(F)(F)F)c2ccc(C)cc2)cc1. The summed E-state index contributed by atoms with van der Waals surface area (Å²) in [6, 6.07) is 16.8. The third-order valence-corrected chi connectivity index (χ3v) is 5.64. The summed E-state index contributed by atoms with van der Waals surface area (Å²) in [6.45, 7) is 4.76. The molecule has 0 aromatic heterocycles. The van der Waals surface area contributed by atoms with Gasteiger partial charge in [0.15, 0.2) is 0 Å². The number of hydrogen-bond donors (Lipinski definition) is 0. The molecular weight excluding hydrogens is 520 g/mol. The second-order valence-corrected chi connectivity index (χ2v) is 8.52. The number of hydrogen-bond acceptors (Lipinski definition) is 3. The minimum atomic E-state index is -4.94. The highest BCUT2D eigenvalue weighted by Crippen LogP contribution is 2.32. The van der Waals surface area contributed by atoms with Crippen LogP contribution >= 0.6 is 22.6 Å². The third kappa shape index (κ3) is 8.65. The molecule has 0 radical (unpaired) electrons. The van der Waals surface area contributed by atoms with Crippen molar-refractivity contribution in [3.8, 4) is 0 Å². The molecule has 0 amide bonds. The zero-order chi connectivity index (χ0) is 22.9. The fourth-order valence-corrected chi connectivity index (χ4v) is 3.71. The molecule has 3 nitrogen and oxygen atoms in total. The molecule has 0 heterocycles. The number of aryl methyl sites for hydroxylation is 2. The summed E-state index contributed by atoms with van der Waals surface area (Å²) < 4.78 is 47.1. The highest BCUT2D eigenvalue weighted by atomic mass is 127. The Bertz CT molecular complexity index is 825. The van der Waals surface area contributed by atoms with Crippen LogP contribution in [-0.2, 0) is 14.3 Å². The molecule has 0 fully saturated rings. The number of unbranched alkanes of at least 4 members (excludes halogenated alkanes) is 1. The number of esters is 1. The zero-order valence-electron chi connectivity index (χ0n) is 17.6. The van der Waals surface area contributed by atoms with E-state index in [1.54, 1.807) is 0 Å².